The van der Waals surface area contributed by atoms with Crippen molar-refractivity contribution in [1.29, 1.82) is 0 Å². The summed E-state index contributed by atoms with van der Waals surface area (Å²) in [5.74, 6) is 0. The van der Waals surface area contributed by atoms with Gasteiger partial charge in [-0.1, -0.05) is 17.7 Å². The fourth-order valence-electron chi connectivity index (χ4n) is 2.45. The van der Waals surface area contributed by atoms with Gasteiger partial charge in [-0.05, 0) is 23.6 Å². The molecule has 0 atom stereocenters. The average molecular weight is 292 g/mol. The molecule has 1 saturated heterocycles. The summed E-state index contributed by atoms with van der Waals surface area (Å²) in [5, 5.41) is 11.5. The lowest BCUT2D eigenvalue weighted by atomic mass is 10.1. The van der Waals surface area contributed by atoms with Crippen molar-refractivity contribution in [2.75, 3.05) is 31.1 Å². The molecule has 6 heteroatoms. The van der Waals surface area contributed by atoms with Crippen molar-refractivity contribution in [3.63, 3.8) is 0 Å². The second-order valence-electron chi connectivity index (χ2n) is 4.80. The SMILES string of the molecule is O=C(O)N1CCN(c2ccc3cnc(Cl)cc3c2)CC1. The van der Waals surface area contributed by atoms with E-state index in [1.807, 2.05) is 18.2 Å². The molecule has 0 aliphatic carbocycles. The van der Waals surface area contributed by atoms with Crippen molar-refractivity contribution in [2.45, 2.75) is 0 Å². The number of hydrogen-bond acceptors (Lipinski definition) is 3. The second kappa shape index (κ2) is 5.17. The molecule has 1 aliphatic rings. The van der Waals surface area contributed by atoms with Gasteiger partial charge >= 0.3 is 6.09 Å². The van der Waals surface area contributed by atoms with E-state index < -0.39 is 6.09 Å². The van der Waals surface area contributed by atoms with Crippen molar-refractivity contribution in [2.24, 2.45) is 0 Å². The third kappa shape index (κ3) is 2.49. The first-order chi connectivity index (χ1) is 9.63. The molecule has 20 heavy (non-hydrogen) atoms. The maximum atomic E-state index is 10.9. The highest BCUT2D eigenvalue weighted by Crippen LogP contribution is 2.24. The van der Waals surface area contributed by atoms with Crippen molar-refractivity contribution < 1.29 is 9.90 Å². The summed E-state index contributed by atoms with van der Waals surface area (Å²) in [6.45, 7) is 2.47. The molecule has 104 valence electrons. The normalized spacial score (nSPS) is 15.7. The van der Waals surface area contributed by atoms with Crippen LogP contribution in [0.1, 0.15) is 0 Å². The first kappa shape index (κ1) is 13.0. The Morgan fingerprint density at radius 3 is 2.60 bits per heavy atom. The number of fused-ring (bicyclic) bond motifs is 1. The Hall–Kier alpha value is -2.01. The number of halogens is 1. The highest BCUT2D eigenvalue weighted by atomic mass is 35.5. The van der Waals surface area contributed by atoms with Gasteiger partial charge in [0.25, 0.3) is 0 Å². The van der Waals surface area contributed by atoms with Crippen molar-refractivity contribution in [3.8, 4) is 0 Å². The number of nitrogens with zero attached hydrogens (tertiary/aromatic N) is 3. The number of rotatable bonds is 1. The van der Waals surface area contributed by atoms with Gasteiger partial charge in [-0.25, -0.2) is 9.78 Å². The van der Waals surface area contributed by atoms with Crippen LogP contribution in [-0.4, -0.2) is 47.3 Å². The van der Waals surface area contributed by atoms with Gasteiger partial charge in [0.15, 0.2) is 0 Å². The molecule has 0 bridgehead atoms. The van der Waals surface area contributed by atoms with Crippen LogP contribution in [-0.2, 0) is 0 Å². The molecule has 1 aromatic heterocycles. The molecule has 2 heterocycles. The van der Waals surface area contributed by atoms with Crippen LogP contribution in [0.3, 0.4) is 0 Å². The van der Waals surface area contributed by atoms with E-state index in [0.29, 0.717) is 31.3 Å². The van der Waals surface area contributed by atoms with Crippen molar-refractivity contribution in [3.05, 3.63) is 35.6 Å². The Balaban J connectivity index is 1.82. The Morgan fingerprint density at radius 1 is 1.15 bits per heavy atom. The number of hydrogen-bond donors (Lipinski definition) is 1. The molecule has 1 amide bonds. The molecule has 0 saturated carbocycles. The fourth-order valence-corrected chi connectivity index (χ4v) is 2.62. The third-order valence-corrected chi connectivity index (χ3v) is 3.79. The van der Waals surface area contributed by atoms with Crippen LogP contribution in [0.2, 0.25) is 5.15 Å². The fraction of sp³-hybridized carbons (Fsp3) is 0.286. The van der Waals surface area contributed by atoms with Crippen LogP contribution in [0.15, 0.2) is 30.5 Å². The van der Waals surface area contributed by atoms with E-state index in [4.69, 9.17) is 16.7 Å². The van der Waals surface area contributed by atoms with Crippen molar-refractivity contribution >= 4 is 34.2 Å². The standard InChI is InChI=1S/C14H14ClN3O2/c15-13-8-11-7-12(2-1-10(11)9-16-13)17-3-5-18(6-4-17)14(19)20/h1-2,7-9H,3-6H2,(H,19,20). The van der Waals surface area contributed by atoms with E-state index in [2.05, 4.69) is 16.0 Å². The topological polar surface area (TPSA) is 56.7 Å². The lowest BCUT2D eigenvalue weighted by Crippen LogP contribution is -2.48. The zero-order valence-electron chi connectivity index (χ0n) is 10.8. The summed E-state index contributed by atoms with van der Waals surface area (Å²) in [7, 11) is 0. The summed E-state index contributed by atoms with van der Waals surface area (Å²) in [4.78, 5) is 18.6. The smallest absolute Gasteiger partial charge is 0.407 e. The molecule has 3 rings (SSSR count). The first-order valence-electron chi connectivity index (χ1n) is 6.41. The Bertz CT molecular complexity index is 654. The Labute approximate surface area is 121 Å². The highest BCUT2D eigenvalue weighted by molar-refractivity contribution is 6.30. The van der Waals surface area contributed by atoms with Gasteiger partial charge in [-0.2, -0.15) is 0 Å². The Kier molecular flexibility index (Phi) is 3.36. The van der Waals surface area contributed by atoms with Crippen molar-refractivity contribution in [1.82, 2.24) is 9.88 Å². The van der Waals surface area contributed by atoms with E-state index in [1.54, 1.807) is 6.20 Å². The number of amides is 1. The van der Waals surface area contributed by atoms with Gasteiger partial charge in [0.1, 0.15) is 5.15 Å². The summed E-state index contributed by atoms with van der Waals surface area (Å²) >= 11 is 5.91. The molecule has 1 aromatic carbocycles. The molecule has 0 unspecified atom stereocenters. The lowest BCUT2D eigenvalue weighted by Gasteiger charge is -2.34. The minimum Gasteiger partial charge on any atom is -0.465 e. The van der Waals surface area contributed by atoms with Crippen LogP contribution >= 0.6 is 11.6 Å². The van der Waals surface area contributed by atoms with E-state index >= 15 is 0 Å². The largest absolute Gasteiger partial charge is 0.465 e. The summed E-state index contributed by atoms with van der Waals surface area (Å²) < 4.78 is 0. The predicted octanol–water partition coefficient (Wildman–Crippen LogP) is 2.69. The third-order valence-electron chi connectivity index (χ3n) is 3.59. The molecular weight excluding hydrogens is 278 g/mol. The van der Waals surface area contributed by atoms with Crippen LogP contribution in [0.4, 0.5) is 10.5 Å². The predicted molar refractivity (Wildman–Crippen MR) is 78.6 cm³/mol. The number of carbonyl (C=O) groups is 1. The Morgan fingerprint density at radius 2 is 1.90 bits per heavy atom. The number of piperazine rings is 1. The first-order valence-corrected chi connectivity index (χ1v) is 6.79. The zero-order valence-corrected chi connectivity index (χ0v) is 11.5. The van der Waals surface area contributed by atoms with Crippen LogP contribution in [0.25, 0.3) is 10.8 Å². The minimum atomic E-state index is -0.846. The van der Waals surface area contributed by atoms with E-state index in [1.165, 1.54) is 4.90 Å². The molecule has 1 aliphatic heterocycles. The highest BCUT2D eigenvalue weighted by Gasteiger charge is 2.20. The van der Waals surface area contributed by atoms with Gasteiger partial charge in [0.2, 0.25) is 0 Å². The number of anilines is 1. The average Bonchev–Trinajstić information content (AvgIpc) is 2.46. The van der Waals surface area contributed by atoms with Gasteiger partial charge < -0.3 is 14.9 Å². The number of benzene rings is 1. The van der Waals surface area contributed by atoms with Crippen LogP contribution < -0.4 is 4.90 Å². The maximum absolute atomic E-state index is 10.9. The summed E-state index contributed by atoms with van der Waals surface area (Å²) in [5.41, 5.74) is 1.09. The zero-order chi connectivity index (χ0) is 14.1. The number of aromatic nitrogens is 1. The quantitative estimate of drug-likeness (QED) is 0.821. The minimum absolute atomic E-state index is 0.477. The molecule has 0 spiro atoms. The summed E-state index contributed by atoms with van der Waals surface area (Å²) in [6, 6.07) is 7.96. The van der Waals surface area contributed by atoms with E-state index in [0.717, 1.165) is 16.5 Å². The summed E-state index contributed by atoms with van der Waals surface area (Å²) in [6.07, 6.45) is 0.908. The molecule has 1 fully saturated rings. The van der Waals surface area contributed by atoms with Gasteiger partial charge in [-0.15, -0.1) is 0 Å². The maximum Gasteiger partial charge on any atom is 0.407 e. The van der Waals surface area contributed by atoms with E-state index in [-0.39, 0.29) is 0 Å². The molecule has 5 nitrogen and oxygen atoms in total. The van der Waals surface area contributed by atoms with Gasteiger partial charge in [0, 0.05) is 43.4 Å². The van der Waals surface area contributed by atoms with Gasteiger partial charge in [-0.3, -0.25) is 0 Å². The van der Waals surface area contributed by atoms with Crippen LogP contribution in [0, 0.1) is 0 Å². The molecule has 1 N–H and O–H groups in total. The number of pyridine rings is 1. The molecular formula is C14H14ClN3O2. The number of carboxylic acid groups (broad SMARTS) is 1. The lowest BCUT2D eigenvalue weighted by molar-refractivity contribution is 0.142. The second-order valence-corrected chi connectivity index (χ2v) is 5.18. The van der Waals surface area contributed by atoms with Crippen LogP contribution in [0.5, 0.6) is 0 Å². The monoisotopic (exact) mass is 291 g/mol. The van der Waals surface area contributed by atoms with E-state index in [9.17, 15) is 4.79 Å². The van der Waals surface area contributed by atoms with Gasteiger partial charge in [0.05, 0.1) is 0 Å². The molecule has 0 radical (unpaired) electrons. The molecule has 2 aromatic rings.